The zero-order chi connectivity index (χ0) is 37.3. The molecule has 5 N–H and O–H groups in total. The van der Waals surface area contributed by atoms with Crippen LogP contribution in [0.25, 0.3) is 11.1 Å². The Labute approximate surface area is 308 Å². The van der Waals surface area contributed by atoms with Gasteiger partial charge in [-0.3, -0.25) is 19.4 Å². The summed E-state index contributed by atoms with van der Waals surface area (Å²) in [6.07, 6.45) is 3.20. The molecule has 3 aromatic rings. The number of fused-ring (bicyclic) bond motifs is 2. The molecule has 2 amide bonds. The molecule has 2 aromatic carbocycles. The van der Waals surface area contributed by atoms with E-state index in [1.165, 1.54) is 6.42 Å². The number of nitrogens with one attached hydrogen (secondary N) is 2. The van der Waals surface area contributed by atoms with Crippen LogP contribution in [-0.2, 0) is 22.6 Å². The van der Waals surface area contributed by atoms with E-state index in [9.17, 15) is 14.7 Å². The van der Waals surface area contributed by atoms with E-state index in [0.717, 1.165) is 34.5 Å². The second-order valence-electron chi connectivity index (χ2n) is 15.8. The first kappa shape index (κ1) is 37.7. The number of nitrogens with zero attached hydrogens (tertiary/aromatic N) is 3. The lowest BCUT2D eigenvalue weighted by Gasteiger charge is -2.62. The van der Waals surface area contributed by atoms with E-state index >= 15 is 0 Å². The van der Waals surface area contributed by atoms with Crippen LogP contribution >= 0.6 is 0 Å². The van der Waals surface area contributed by atoms with E-state index in [1.807, 2.05) is 73.6 Å². The number of carbonyl (C=O) groups excluding carboxylic acids is 2. The van der Waals surface area contributed by atoms with Crippen molar-refractivity contribution in [3.8, 4) is 16.9 Å². The Kier molecular flexibility index (Phi) is 11.3. The summed E-state index contributed by atoms with van der Waals surface area (Å²) in [6, 6.07) is 16.7. The minimum Gasteiger partial charge on any atom is -0.496 e. The van der Waals surface area contributed by atoms with Crippen molar-refractivity contribution in [2.45, 2.75) is 77.8 Å². The SMILES string of the molecule is COc1c(CN2O[C@@H](CN)[C@@H]([C@H](C)O)[C@H]2C(=O)N[C@H]2C[C@H]3C[C@H]([C@@H]2C)C3(C)C)cccc1-c1cc(C(=O)NCCc2ccccn2)cc(N(C)C)c1. The fourth-order valence-corrected chi connectivity index (χ4v) is 8.98. The van der Waals surface area contributed by atoms with Crippen LogP contribution in [0.15, 0.2) is 60.8 Å². The highest BCUT2D eigenvalue weighted by Gasteiger charge is 2.57. The molecule has 11 heteroatoms. The van der Waals surface area contributed by atoms with Crippen molar-refractivity contribution >= 4 is 17.5 Å². The Morgan fingerprint density at radius 3 is 2.58 bits per heavy atom. The molecular weight excluding hydrogens is 656 g/mol. The second kappa shape index (κ2) is 15.5. The first-order chi connectivity index (χ1) is 24.8. The van der Waals surface area contributed by atoms with Crippen LogP contribution in [0.3, 0.4) is 0 Å². The number of benzene rings is 2. The maximum absolute atomic E-state index is 14.3. The summed E-state index contributed by atoms with van der Waals surface area (Å²) in [5.74, 6) is 1.29. The normalized spacial score (nSPS) is 27.0. The second-order valence-corrected chi connectivity index (χ2v) is 15.8. The number of hydroxylamine groups is 2. The molecule has 1 saturated heterocycles. The zero-order valence-corrected chi connectivity index (χ0v) is 31.6. The number of aromatic nitrogens is 1. The Morgan fingerprint density at radius 2 is 1.94 bits per heavy atom. The summed E-state index contributed by atoms with van der Waals surface area (Å²) in [4.78, 5) is 40.4. The third kappa shape index (κ3) is 7.42. The molecule has 1 aromatic heterocycles. The van der Waals surface area contributed by atoms with Crippen molar-refractivity contribution in [3.05, 3.63) is 77.6 Å². The molecule has 4 fully saturated rings. The summed E-state index contributed by atoms with van der Waals surface area (Å²) in [6.45, 7) is 9.49. The minimum atomic E-state index is -0.819. The van der Waals surface area contributed by atoms with Gasteiger partial charge < -0.3 is 31.1 Å². The molecule has 7 rings (SSSR count). The number of pyridine rings is 1. The van der Waals surface area contributed by atoms with Crippen molar-refractivity contribution < 1.29 is 24.3 Å². The van der Waals surface area contributed by atoms with E-state index in [-0.39, 0.29) is 30.9 Å². The van der Waals surface area contributed by atoms with Gasteiger partial charge in [-0.25, -0.2) is 0 Å². The Hall–Kier alpha value is -4.03. The molecule has 3 saturated carbocycles. The van der Waals surface area contributed by atoms with E-state index in [2.05, 4.69) is 36.4 Å². The van der Waals surface area contributed by atoms with Gasteiger partial charge in [0.05, 0.1) is 25.9 Å². The number of ether oxygens (including phenoxy) is 1. The number of carbonyl (C=O) groups is 2. The Bertz CT molecular complexity index is 1730. The number of anilines is 1. The van der Waals surface area contributed by atoms with Gasteiger partial charge in [-0.2, -0.15) is 5.06 Å². The van der Waals surface area contributed by atoms with Crippen molar-refractivity contribution in [1.29, 1.82) is 0 Å². The summed E-state index contributed by atoms with van der Waals surface area (Å²) < 4.78 is 6.07. The molecule has 11 nitrogen and oxygen atoms in total. The van der Waals surface area contributed by atoms with E-state index in [0.29, 0.717) is 47.4 Å². The van der Waals surface area contributed by atoms with Gasteiger partial charge in [0.15, 0.2) is 0 Å². The van der Waals surface area contributed by atoms with Crippen molar-refractivity contribution in [2.75, 3.05) is 39.2 Å². The number of nitrogens with two attached hydrogens (primary N) is 1. The van der Waals surface area contributed by atoms with E-state index < -0.39 is 24.2 Å². The molecular formula is C41H56N6O5. The van der Waals surface area contributed by atoms with E-state index in [4.69, 9.17) is 15.3 Å². The molecule has 52 heavy (non-hydrogen) atoms. The average molecular weight is 713 g/mol. The smallest absolute Gasteiger partial charge is 0.251 e. The molecule has 2 heterocycles. The molecule has 280 valence electrons. The number of aliphatic hydroxyl groups excluding tert-OH is 1. The first-order valence-electron chi connectivity index (χ1n) is 18.6. The van der Waals surface area contributed by atoms with Crippen LogP contribution in [0.5, 0.6) is 5.75 Å². The predicted octanol–water partition coefficient (Wildman–Crippen LogP) is 4.42. The first-order valence-corrected chi connectivity index (χ1v) is 18.6. The maximum Gasteiger partial charge on any atom is 0.251 e. The van der Waals surface area contributed by atoms with Crippen LogP contribution in [0.1, 0.15) is 62.2 Å². The lowest BCUT2D eigenvalue weighted by molar-refractivity contribution is -0.175. The number of para-hydroxylation sites is 1. The highest BCUT2D eigenvalue weighted by Crippen LogP contribution is 2.61. The molecule has 4 aliphatic rings. The standard InChI is InChI=1S/C41H56N6O5/c1-24-33-20-29(41(33,3)4)21-34(24)45-40(50)37-36(25(2)48)35(22-42)52-47(37)23-26-11-10-13-32(38(26)51-7)27-17-28(19-31(18-27)46(5)6)39(49)44-16-14-30-12-8-9-15-43-30/h8-13,15,17-19,24-25,29,33-37,48H,14,16,20-23,42H2,1-7H3,(H,44,49)(H,45,50)/t24-,25-,29+,33+,34-,35-,36+,37-/m0/s1. The molecule has 0 unspecified atom stereocenters. The predicted molar refractivity (Wildman–Crippen MR) is 203 cm³/mol. The van der Waals surface area contributed by atoms with Gasteiger partial charge in [-0.1, -0.05) is 45.0 Å². The number of rotatable bonds is 13. The lowest BCUT2D eigenvalue weighted by Crippen LogP contribution is -2.62. The largest absolute Gasteiger partial charge is 0.496 e. The number of hydrogen-bond acceptors (Lipinski definition) is 9. The fraction of sp³-hybridized carbons (Fsp3) is 0.537. The molecule has 0 radical (unpaired) electrons. The highest BCUT2D eigenvalue weighted by atomic mass is 16.7. The van der Waals surface area contributed by atoms with Crippen LogP contribution in [0.2, 0.25) is 0 Å². The van der Waals surface area contributed by atoms with Crippen LogP contribution in [0, 0.1) is 29.1 Å². The summed E-state index contributed by atoms with van der Waals surface area (Å²) in [5.41, 5.74) is 11.2. The van der Waals surface area contributed by atoms with Crippen molar-refractivity contribution in [2.24, 2.45) is 34.8 Å². The van der Waals surface area contributed by atoms with Crippen molar-refractivity contribution in [3.63, 3.8) is 0 Å². The molecule has 8 atom stereocenters. The third-order valence-corrected chi connectivity index (χ3v) is 12.1. The number of amides is 2. The zero-order valence-electron chi connectivity index (χ0n) is 31.6. The van der Waals surface area contributed by atoms with Gasteiger partial charge in [0.1, 0.15) is 11.8 Å². The average Bonchev–Trinajstić information content (AvgIpc) is 3.51. The molecule has 2 bridgehead atoms. The quantitative estimate of drug-likeness (QED) is 0.203. The number of hydrogen-bond donors (Lipinski definition) is 4. The summed E-state index contributed by atoms with van der Waals surface area (Å²) >= 11 is 0. The fourth-order valence-electron chi connectivity index (χ4n) is 8.98. The minimum absolute atomic E-state index is 0.0703. The van der Waals surface area contributed by atoms with Crippen LogP contribution in [0.4, 0.5) is 5.69 Å². The Morgan fingerprint density at radius 1 is 1.15 bits per heavy atom. The Balaban J connectivity index is 1.26. The summed E-state index contributed by atoms with van der Waals surface area (Å²) in [7, 11) is 5.50. The van der Waals surface area contributed by atoms with Gasteiger partial charge in [-0.15, -0.1) is 0 Å². The van der Waals surface area contributed by atoms with Gasteiger partial charge >= 0.3 is 0 Å². The number of aliphatic hydroxyl groups is 1. The van der Waals surface area contributed by atoms with Gasteiger partial charge in [0, 0.05) is 79.8 Å². The monoisotopic (exact) mass is 712 g/mol. The molecule has 3 aliphatic carbocycles. The third-order valence-electron chi connectivity index (χ3n) is 12.1. The van der Waals surface area contributed by atoms with Crippen molar-refractivity contribution in [1.82, 2.24) is 20.7 Å². The highest BCUT2D eigenvalue weighted by molar-refractivity contribution is 5.97. The van der Waals surface area contributed by atoms with Crippen LogP contribution in [-0.4, -0.2) is 85.6 Å². The van der Waals surface area contributed by atoms with Crippen LogP contribution < -0.4 is 26.0 Å². The van der Waals surface area contributed by atoms with Gasteiger partial charge in [0.25, 0.3) is 5.91 Å². The maximum atomic E-state index is 14.3. The number of methoxy groups -OCH3 is 1. The van der Waals surface area contributed by atoms with Gasteiger partial charge in [0.2, 0.25) is 5.91 Å². The molecule has 1 aliphatic heterocycles. The molecule has 0 spiro atoms. The van der Waals surface area contributed by atoms with Gasteiger partial charge in [-0.05, 0) is 78.8 Å². The van der Waals surface area contributed by atoms with E-state index in [1.54, 1.807) is 25.3 Å². The lowest BCUT2D eigenvalue weighted by atomic mass is 9.45. The topological polar surface area (TPSA) is 142 Å². The summed E-state index contributed by atoms with van der Waals surface area (Å²) in [5, 5.41) is 19.1.